The predicted molar refractivity (Wildman–Crippen MR) is 153 cm³/mol. The fourth-order valence-electron chi connectivity index (χ4n) is 5.10. The highest BCUT2D eigenvalue weighted by Crippen LogP contribution is 2.35. The second kappa shape index (κ2) is 13.0. The van der Waals surface area contributed by atoms with E-state index in [1.54, 1.807) is 18.3 Å². The van der Waals surface area contributed by atoms with Crippen molar-refractivity contribution in [1.29, 1.82) is 0 Å². The van der Waals surface area contributed by atoms with E-state index < -0.39 is 17.9 Å². The summed E-state index contributed by atoms with van der Waals surface area (Å²) in [5.41, 5.74) is 1.87. The molecule has 0 bridgehead atoms. The molecule has 0 aliphatic carbocycles. The molecule has 2 aliphatic heterocycles. The number of benzene rings is 1. The zero-order valence-corrected chi connectivity index (χ0v) is 23.2. The number of anilines is 3. The van der Waals surface area contributed by atoms with E-state index in [-0.39, 0.29) is 28.5 Å². The van der Waals surface area contributed by atoms with Crippen LogP contribution < -0.4 is 15.0 Å². The molecular weight excluding hydrogens is 527 g/mol. The van der Waals surface area contributed by atoms with Gasteiger partial charge in [0.05, 0.1) is 48.4 Å². The van der Waals surface area contributed by atoms with Crippen molar-refractivity contribution in [2.75, 3.05) is 50.7 Å². The number of aliphatic hydroxyl groups is 1. The summed E-state index contributed by atoms with van der Waals surface area (Å²) in [7, 11) is 2.68. The van der Waals surface area contributed by atoms with Gasteiger partial charge in [-0.2, -0.15) is 0 Å². The van der Waals surface area contributed by atoms with E-state index in [0.29, 0.717) is 31.4 Å². The number of piperidine rings is 1. The fraction of sp³-hybridized carbons (Fsp3) is 0.387. The first-order valence-corrected chi connectivity index (χ1v) is 13.7. The number of halogens is 1. The quantitative estimate of drug-likeness (QED) is 0.332. The smallest absolute Gasteiger partial charge is 0.340 e. The highest BCUT2D eigenvalue weighted by molar-refractivity contribution is 5.97. The molecule has 0 saturated carbocycles. The van der Waals surface area contributed by atoms with E-state index in [2.05, 4.69) is 32.0 Å². The Kier molecular flexibility index (Phi) is 8.97. The summed E-state index contributed by atoms with van der Waals surface area (Å²) >= 11 is 0. The first kappa shape index (κ1) is 28.3. The van der Waals surface area contributed by atoms with Crippen molar-refractivity contribution >= 4 is 23.3 Å². The van der Waals surface area contributed by atoms with Crippen LogP contribution in [-0.2, 0) is 9.47 Å². The molecule has 2 aliphatic rings. The molecule has 1 atom stereocenters. The molecule has 9 nitrogen and oxygen atoms in total. The lowest BCUT2D eigenvalue weighted by Crippen LogP contribution is -2.38. The number of hydrogen-bond acceptors (Lipinski definition) is 9. The number of hydrogen-bond donors (Lipinski definition) is 2. The Labute approximate surface area is 238 Å². The van der Waals surface area contributed by atoms with Crippen molar-refractivity contribution in [2.45, 2.75) is 31.8 Å². The van der Waals surface area contributed by atoms with Gasteiger partial charge >= 0.3 is 5.97 Å². The Morgan fingerprint density at radius 3 is 2.76 bits per heavy atom. The van der Waals surface area contributed by atoms with Crippen molar-refractivity contribution < 1.29 is 28.5 Å². The van der Waals surface area contributed by atoms with Crippen LogP contribution in [0, 0.1) is 23.6 Å². The third kappa shape index (κ3) is 6.59. The van der Waals surface area contributed by atoms with Crippen LogP contribution in [-0.4, -0.2) is 67.7 Å². The lowest BCUT2D eigenvalue weighted by molar-refractivity contribution is 0.0601. The number of esters is 1. The molecule has 2 saturated heterocycles. The number of aliphatic hydroxyl groups excluding tert-OH is 1. The van der Waals surface area contributed by atoms with Crippen molar-refractivity contribution in [3.63, 3.8) is 0 Å². The minimum Gasteiger partial charge on any atom is -0.496 e. The number of nitrogens with one attached hydrogen (secondary N) is 1. The highest BCUT2D eigenvalue weighted by Gasteiger charge is 2.23. The van der Waals surface area contributed by atoms with E-state index >= 15 is 4.39 Å². The van der Waals surface area contributed by atoms with Gasteiger partial charge in [0, 0.05) is 44.5 Å². The van der Waals surface area contributed by atoms with Crippen LogP contribution in [0.4, 0.5) is 21.7 Å². The summed E-state index contributed by atoms with van der Waals surface area (Å²) in [6.07, 6.45) is 4.72. The molecule has 2 fully saturated rings. The number of β-amino-alcohol motifs (C(OH)–C–C–N with tert-alkyl or cyclic N) is 1. The topological polar surface area (TPSA) is 106 Å². The maximum absolute atomic E-state index is 15.0. The molecule has 41 heavy (non-hydrogen) atoms. The molecule has 2 N–H and O–H groups in total. The van der Waals surface area contributed by atoms with Gasteiger partial charge in [-0.05, 0) is 49.9 Å². The van der Waals surface area contributed by atoms with Crippen molar-refractivity contribution in [2.24, 2.45) is 5.92 Å². The SMILES string of the molecule is COC(=O)c1ccc(Nc2cc(N3CCC[C@H](O)C3)c(C#CC3CCOCC3)cn2)nc1-c1c(F)cccc1OC. The van der Waals surface area contributed by atoms with Gasteiger partial charge in [0.1, 0.15) is 23.2 Å². The number of pyridine rings is 2. The molecule has 3 aromatic rings. The summed E-state index contributed by atoms with van der Waals surface area (Å²) < 4.78 is 30.8. The lowest BCUT2D eigenvalue weighted by Gasteiger charge is -2.32. The van der Waals surface area contributed by atoms with Crippen LogP contribution in [0.2, 0.25) is 0 Å². The summed E-state index contributed by atoms with van der Waals surface area (Å²) in [4.78, 5) is 23.8. The molecular formula is C31H33FN4O5. The molecule has 0 spiro atoms. The van der Waals surface area contributed by atoms with Crippen molar-refractivity contribution in [3.05, 3.63) is 59.5 Å². The molecule has 4 heterocycles. The lowest BCUT2D eigenvalue weighted by atomic mass is 10.0. The third-order valence-electron chi connectivity index (χ3n) is 7.24. The highest BCUT2D eigenvalue weighted by atomic mass is 19.1. The molecule has 1 aromatic carbocycles. The van der Waals surface area contributed by atoms with Gasteiger partial charge in [0.15, 0.2) is 0 Å². The van der Waals surface area contributed by atoms with Gasteiger partial charge in [-0.1, -0.05) is 17.9 Å². The van der Waals surface area contributed by atoms with Gasteiger partial charge < -0.3 is 29.5 Å². The molecule has 214 valence electrons. The van der Waals surface area contributed by atoms with E-state index in [9.17, 15) is 9.90 Å². The summed E-state index contributed by atoms with van der Waals surface area (Å²) in [6, 6.07) is 9.41. The maximum Gasteiger partial charge on any atom is 0.340 e. The summed E-state index contributed by atoms with van der Waals surface area (Å²) in [6.45, 7) is 2.72. The van der Waals surface area contributed by atoms with Crippen molar-refractivity contribution in [3.8, 4) is 28.8 Å². The minimum atomic E-state index is -0.652. The van der Waals surface area contributed by atoms with Gasteiger partial charge in [-0.3, -0.25) is 0 Å². The van der Waals surface area contributed by atoms with E-state index in [1.165, 1.54) is 32.4 Å². The number of carbonyl (C=O) groups excluding carboxylic acids is 1. The first-order chi connectivity index (χ1) is 20.0. The second-order valence-corrected chi connectivity index (χ2v) is 10.0. The average molecular weight is 561 g/mol. The van der Waals surface area contributed by atoms with Gasteiger partial charge in [-0.25, -0.2) is 19.2 Å². The number of aromatic nitrogens is 2. The third-order valence-corrected chi connectivity index (χ3v) is 7.24. The average Bonchev–Trinajstić information content (AvgIpc) is 3.00. The normalized spacial score (nSPS) is 17.4. The fourth-order valence-corrected chi connectivity index (χ4v) is 5.10. The van der Waals surface area contributed by atoms with Crippen LogP contribution in [0.15, 0.2) is 42.6 Å². The Bertz CT molecular complexity index is 1460. The van der Waals surface area contributed by atoms with E-state index in [1.807, 2.05) is 6.07 Å². The zero-order chi connectivity index (χ0) is 28.8. The van der Waals surface area contributed by atoms with Crippen LogP contribution >= 0.6 is 0 Å². The molecule has 2 aromatic heterocycles. The monoisotopic (exact) mass is 560 g/mol. The Hall–Kier alpha value is -4.20. The Balaban J connectivity index is 1.51. The Morgan fingerprint density at radius 1 is 1.17 bits per heavy atom. The first-order valence-electron chi connectivity index (χ1n) is 13.7. The molecule has 0 unspecified atom stereocenters. The summed E-state index contributed by atoms with van der Waals surface area (Å²) in [5, 5.41) is 13.5. The molecule has 0 radical (unpaired) electrons. The van der Waals surface area contributed by atoms with Crippen LogP contribution in [0.25, 0.3) is 11.3 Å². The molecule has 10 heteroatoms. The number of methoxy groups -OCH3 is 2. The standard InChI is InChI=1S/C31H33FN4O5/c1-39-26-7-3-6-24(32)29(26)30-23(31(38)40-2)10-11-27(35-30)34-28-17-25(36-14-4-5-22(37)19-36)21(18-33-28)9-8-20-12-15-41-16-13-20/h3,6-7,10-11,17-18,20,22,37H,4-5,12-16,19H2,1-2H3,(H,33,34,35)/t22-/m0/s1. The van der Waals surface area contributed by atoms with Crippen LogP contribution in [0.5, 0.6) is 5.75 Å². The van der Waals surface area contributed by atoms with E-state index in [0.717, 1.165) is 43.5 Å². The molecule has 5 rings (SSSR count). The van der Waals surface area contributed by atoms with Crippen LogP contribution in [0.3, 0.4) is 0 Å². The predicted octanol–water partition coefficient (Wildman–Crippen LogP) is 4.56. The van der Waals surface area contributed by atoms with Gasteiger partial charge in [0.25, 0.3) is 0 Å². The van der Waals surface area contributed by atoms with Crippen molar-refractivity contribution in [1.82, 2.24) is 9.97 Å². The number of ether oxygens (including phenoxy) is 3. The number of rotatable bonds is 6. The van der Waals surface area contributed by atoms with Gasteiger partial charge in [-0.15, -0.1) is 0 Å². The maximum atomic E-state index is 15.0. The minimum absolute atomic E-state index is 0.0498. The Morgan fingerprint density at radius 2 is 2.00 bits per heavy atom. The summed E-state index contributed by atoms with van der Waals surface area (Å²) in [5.74, 6) is 6.79. The zero-order valence-electron chi connectivity index (χ0n) is 23.2. The van der Waals surface area contributed by atoms with Gasteiger partial charge in [0.2, 0.25) is 0 Å². The van der Waals surface area contributed by atoms with Crippen LogP contribution in [0.1, 0.15) is 41.6 Å². The number of nitrogens with zero attached hydrogens (tertiary/aromatic N) is 3. The van der Waals surface area contributed by atoms with E-state index in [4.69, 9.17) is 14.2 Å². The molecule has 0 amide bonds. The second-order valence-electron chi connectivity index (χ2n) is 10.0. The number of carbonyl (C=O) groups is 1. The largest absolute Gasteiger partial charge is 0.496 e.